The summed E-state index contributed by atoms with van der Waals surface area (Å²) < 4.78 is 45.3. The summed E-state index contributed by atoms with van der Waals surface area (Å²) in [5.41, 5.74) is 5.77. The second-order valence-corrected chi connectivity index (χ2v) is 4.86. The second-order valence-electron chi connectivity index (χ2n) is 4.86. The minimum absolute atomic E-state index is 0.0613. The summed E-state index contributed by atoms with van der Waals surface area (Å²) in [7, 11) is 1.56. The van der Waals surface area contributed by atoms with Gasteiger partial charge in [0.2, 0.25) is 0 Å². The quantitative estimate of drug-likeness (QED) is 0.784. The predicted molar refractivity (Wildman–Crippen MR) is 71.8 cm³/mol. The van der Waals surface area contributed by atoms with Gasteiger partial charge in [0.05, 0.1) is 12.6 Å². The van der Waals surface area contributed by atoms with Crippen molar-refractivity contribution in [2.45, 2.75) is 25.9 Å². The molecule has 0 aliphatic carbocycles. The van der Waals surface area contributed by atoms with Crippen molar-refractivity contribution in [3.8, 4) is 0 Å². The molecule has 1 aromatic rings. The van der Waals surface area contributed by atoms with Crippen molar-refractivity contribution >= 4 is 0 Å². The van der Waals surface area contributed by atoms with Gasteiger partial charge in [-0.2, -0.15) is 0 Å². The van der Waals surface area contributed by atoms with Crippen molar-refractivity contribution in [1.82, 2.24) is 4.90 Å². The molecule has 1 atom stereocenters. The zero-order valence-electron chi connectivity index (χ0n) is 12.0. The fourth-order valence-electron chi connectivity index (χ4n) is 2.20. The van der Waals surface area contributed by atoms with Crippen LogP contribution in [0.3, 0.4) is 0 Å². The van der Waals surface area contributed by atoms with Gasteiger partial charge in [0.25, 0.3) is 0 Å². The summed E-state index contributed by atoms with van der Waals surface area (Å²) in [4.78, 5) is 1.90. The number of benzene rings is 1. The van der Waals surface area contributed by atoms with E-state index in [-0.39, 0.29) is 18.2 Å². The number of rotatable bonds is 7. The molecular weight excluding hydrogens is 269 g/mol. The zero-order valence-corrected chi connectivity index (χ0v) is 12.0. The third kappa shape index (κ3) is 3.94. The van der Waals surface area contributed by atoms with Gasteiger partial charge in [-0.1, -0.05) is 0 Å². The van der Waals surface area contributed by atoms with Crippen molar-refractivity contribution < 1.29 is 17.9 Å². The van der Waals surface area contributed by atoms with Gasteiger partial charge in [-0.15, -0.1) is 0 Å². The third-order valence-electron chi connectivity index (χ3n) is 3.24. The Morgan fingerprint density at radius 1 is 1.15 bits per heavy atom. The molecule has 0 radical (unpaired) electrons. The average Bonchev–Trinajstić information content (AvgIpc) is 2.39. The fourth-order valence-corrected chi connectivity index (χ4v) is 2.20. The Hall–Kier alpha value is -1.11. The molecule has 0 fully saturated rings. The molecule has 0 saturated carbocycles. The maximum Gasteiger partial charge on any atom is 0.161 e. The van der Waals surface area contributed by atoms with Gasteiger partial charge in [0.15, 0.2) is 11.6 Å². The molecule has 1 unspecified atom stereocenters. The molecule has 0 aliphatic heterocycles. The lowest BCUT2D eigenvalue weighted by Gasteiger charge is -2.34. The summed E-state index contributed by atoms with van der Waals surface area (Å²) in [6, 6.07) is 0.971. The minimum Gasteiger partial charge on any atom is -0.383 e. The van der Waals surface area contributed by atoms with Gasteiger partial charge in [-0.05, 0) is 19.9 Å². The van der Waals surface area contributed by atoms with E-state index in [1.54, 1.807) is 7.11 Å². The van der Waals surface area contributed by atoms with Gasteiger partial charge in [-0.3, -0.25) is 4.90 Å². The van der Waals surface area contributed by atoms with Crippen LogP contribution in [0.1, 0.15) is 25.5 Å². The highest BCUT2D eigenvalue weighted by Crippen LogP contribution is 2.26. The first-order chi connectivity index (χ1) is 9.42. The molecule has 2 N–H and O–H groups in total. The average molecular weight is 290 g/mol. The summed E-state index contributed by atoms with van der Waals surface area (Å²) in [6.07, 6.45) is 0. The Bertz CT molecular complexity index is 441. The molecule has 0 amide bonds. The molecule has 0 heterocycles. The molecular formula is C14H21F3N2O. The van der Waals surface area contributed by atoms with Gasteiger partial charge < -0.3 is 10.5 Å². The number of ether oxygens (including phenoxy) is 1. The maximum atomic E-state index is 13.9. The van der Waals surface area contributed by atoms with Crippen LogP contribution in [0.2, 0.25) is 0 Å². The Balaban J connectivity index is 3.12. The van der Waals surface area contributed by atoms with Crippen LogP contribution in [0.4, 0.5) is 13.2 Å². The molecule has 20 heavy (non-hydrogen) atoms. The van der Waals surface area contributed by atoms with E-state index in [2.05, 4.69) is 0 Å². The third-order valence-corrected chi connectivity index (χ3v) is 3.24. The topological polar surface area (TPSA) is 38.5 Å². The first-order valence-corrected chi connectivity index (χ1v) is 6.51. The molecule has 1 rings (SSSR count). The van der Waals surface area contributed by atoms with Gasteiger partial charge >= 0.3 is 0 Å². The van der Waals surface area contributed by atoms with Crippen molar-refractivity contribution in [3.05, 3.63) is 35.1 Å². The van der Waals surface area contributed by atoms with E-state index in [0.717, 1.165) is 6.07 Å². The lowest BCUT2D eigenvalue weighted by molar-refractivity contribution is 0.0963. The summed E-state index contributed by atoms with van der Waals surface area (Å²) in [5, 5.41) is 0. The molecule has 3 nitrogen and oxygen atoms in total. The van der Waals surface area contributed by atoms with E-state index < -0.39 is 23.5 Å². The van der Waals surface area contributed by atoms with E-state index in [0.29, 0.717) is 19.2 Å². The molecule has 0 aromatic heterocycles. The van der Waals surface area contributed by atoms with E-state index >= 15 is 0 Å². The fraction of sp³-hybridized carbons (Fsp3) is 0.571. The number of methoxy groups -OCH3 is 1. The van der Waals surface area contributed by atoms with Crippen LogP contribution in [-0.4, -0.2) is 37.7 Å². The Kier molecular flexibility index (Phi) is 6.45. The second kappa shape index (κ2) is 7.61. The Labute approximate surface area is 117 Å². The van der Waals surface area contributed by atoms with Crippen molar-refractivity contribution in [1.29, 1.82) is 0 Å². The highest BCUT2D eigenvalue weighted by atomic mass is 19.2. The highest BCUT2D eigenvalue weighted by Gasteiger charge is 2.25. The van der Waals surface area contributed by atoms with Crippen LogP contribution < -0.4 is 5.73 Å². The van der Waals surface area contributed by atoms with Crippen LogP contribution in [0.15, 0.2) is 12.1 Å². The lowest BCUT2D eigenvalue weighted by atomic mass is 10.0. The van der Waals surface area contributed by atoms with E-state index in [9.17, 15) is 13.2 Å². The number of halogens is 3. The summed E-state index contributed by atoms with van der Waals surface area (Å²) >= 11 is 0. The summed E-state index contributed by atoms with van der Waals surface area (Å²) in [6.45, 7) is 4.92. The Morgan fingerprint density at radius 3 is 2.25 bits per heavy atom. The van der Waals surface area contributed by atoms with Crippen molar-refractivity contribution in [3.63, 3.8) is 0 Å². The number of nitrogens with zero attached hydrogens (tertiary/aromatic N) is 1. The number of hydrogen-bond acceptors (Lipinski definition) is 3. The first kappa shape index (κ1) is 16.9. The van der Waals surface area contributed by atoms with Crippen LogP contribution >= 0.6 is 0 Å². The maximum absolute atomic E-state index is 13.9. The van der Waals surface area contributed by atoms with Crippen LogP contribution in [0.25, 0.3) is 0 Å². The standard InChI is InChI=1S/C14H21F3N2O/c1-9(2)19(4-5-20-3)14(8-18)10-6-12(16)13(17)7-11(10)15/h6-7,9,14H,4-5,8,18H2,1-3H3. The SMILES string of the molecule is COCCN(C(C)C)C(CN)c1cc(F)c(F)cc1F. The van der Waals surface area contributed by atoms with E-state index in [1.807, 2.05) is 18.7 Å². The minimum atomic E-state index is -1.20. The van der Waals surface area contributed by atoms with Crippen LogP contribution in [0, 0.1) is 17.5 Å². The zero-order chi connectivity index (χ0) is 15.3. The monoisotopic (exact) mass is 290 g/mol. The van der Waals surface area contributed by atoms with E-state index in [1.165, 1.54) is 0 Å². The normalized spacial score (nSPS) is 13.2. The first-order valence-electron chi connectivity index (χ1n) is 6.51. The predicted octanol–water partition coefficient (Wildman–Crippen LogP) is 2.46. The molecule has 0 bridgehead atoms. The molecule has 0 aliphatic rings. The van der Waals surface area contributed by atoms with Crippen LogP contribution in [0.5, 0.6) is 0 Å². The molecule has 114 valence electrons. The van der Waals surface area contributed by atoms with Gasteiger partial charge in [-0.25, -0.2) is 13.2 Å². The molecule has 1 aromatic carbocycles. The van der Waals surface area contributed by atoms with Gasteiger partial charge in [0.1, 0.15) is 5.82 Å². The smallest absolute Gasteiger partial charge is 0.161 e. The Morgan fingerprint density at radius 2 is 1.75 bits per heavy atom. The molecule has 0 spiro atoms. The largest absolute Gasteiger partial charge is 0.383 e. The molecule has 0 saturated heterocycles. The van der Waals surface area contributed by atoms with E-state index in [4.69, 9.17) is 10.5 Å². The summed E-state index contributed by atoms with van der Waals surface area (Å²) in [5.74, 6) is -3.06. The van der Waals surface area contributed by atoms with Crippen molar-refractivity contribution in [2.75, 3.05) is 26.8 Å². The molecule has 6 heteroatoms. The highest BCUT2D eigenvalue weighted by molar-refractivity contribution is 5.24. The van der Waals surface area contributed by atoms with Crippen LogP contribution in [-0.2, 0) is 4.74 Å². The van der Waals surface area contributed by atoms with Gasteiger partial charge in [0, 0.05) is 37.9 Å². The number of nitrogens with two attached hydrogens (primary N) is 1. The lowest BCUT2D eigenvalue weighted by Crippen LogP contribution is -2.41. The van der Waals surface area contributed by atoms with Crippen molar-refractivity contribution in [2.24, 2.45) is 5.73 Å². The number of hydrogen-bond donors (Lipinski definition) is 1.